The lowest BCUT2D eigenvalue weighted by molar-refractivity contribution is 0.363. The van der Waals surface area contributed by atoms with E-state index in [1.54, 1.807) is 0 Å². The SMILES string of the molecule is CC(C)NCC(C)(C)C.Sc1ccccc1. The van der Waals surface area contributed by atoms with Crippen molar-refractivity contribution in [3.63, 3.8) is 0 Å². The van der Waals surface area contributed by atoms with Gasteiger partial charge in [-0.3, -0.25) is 0 Å². The van der Waals surface area contributed by atoms with Crippen molar-refractivity contribution in [2.45, 2.75) is 45.6 Å². The van der Waals surface area contributed by atoms with E-state index in [1.807, 2.05) is 30.3 Å². The standard InChI is InChI=1S/C8H19N.C6H6S/c1-7(2)9-6-8(3,4)5;7-6-4-2-1-3-5-6/h7,9H,6H2,1-5H3;1-5,7H. The fourth-order valence-electron chi connectivity index (χ4n) is 0.938. The van der Waals surface area contributed by atoms with Crippen LogP contribution in [0.4, 0.5) is 0 Å². The molecule has 92 valence electrons. The van der Waals surface area contributed by atoms with Crippen LogP contribution in [0, 0.1) is 5.41 Å². The summed E-state index contributed by atoms with van der Waals surface area (Å²) >= 11 is 4.08. The predicted molar refractivity (Wildman–Crippen MR) is 76.3 cm³/mol. The van der Waals surface area contributed by atoms with E-state index in [0.29, 0.717) is 11.5 Å². The van der Waals surface area contributed by atoms with Gasteiger partial charge in [-0.25, -0.2) is 0 Å². The van der Waals surface area contributed by atoms with E-state index in [0.717, 1.165) is 11.4 Å². The fraction of sp³-hybridized carbons (Fsp3) is 0.571. The Kier molecular flexibility index (Phi) is 7.52. The van der Waals surface area contributed by atoms with E-state index in [2.05, 4.69) is 52.6 Å². The van der Waals surface area contributed by atoms with Gasteiger partial charge in [0.15, 0.2) is 0 Å². The first-order chi connectivity index (χ1) is 7.31. The van der Waals surface area contributed by atoms with Crippen LogP contribution >= 0.6 is 12.6 Å². The molecule has 2 heteroatoms. The third kappa shape index (κ3) is 11.6. The molecule has 0 atom stereocenters. The molecule has 0 heterocycles. The summed E-state index contributed by atoms with van der Waals surface area (Å²) in [5.74, 6) is 0. The molecular weight excluding hydrogens is 214 g/mol. The van der Waals surface area contributed by atoms with Gasteiger partial charge in [-0.05, 0) is 17.5 Å². The van der Waals surface area contributed by atoms with Crippen LogP contribution < -0.4 is 5.32 Å². The predicted octanol–water partition coefficient (Wildman–Crippen LogP) is 4.01. The molecule has 0 spiro atoms. The Morgan fingerprint density at radius 2 is 1.62 bits per heavy atom. The summed E-state index contributed by atoms with van der Waals surface area (Å²) in [7, 11) is 0. The Labute approximate surface area is 106 Å². The summed E-state index contributed by atoms with van der Waals surface area (Å²) in [6.45, 7) is 12.2. The number of benzene rings is 1. The van der Waals surface area contributed by atoms with Crippen LogP contribution in [0.1, 0.15) is 34.6 Å². The summed E-state index contributed by atoms with van der Waals surface area (Å²) in [5, 5.41) is 3.39. The quantitative estimate of drug-likeness (QED) is 0.743. The van der Waals surface area contributed by atoms with Crippen molar-refractivity contribution in [3.8, 4) is 0 Å². The Balaban J connectivity index is 0.000000288. The second kappa shape index (κ2) is 7.75. The van der Waals surface area contributed by atoms with Gasteiger partial charge in [-0.15, -0.1) is 12.6 Å². The number of thiol groups is 1. The van der Waals surface area contributed by atoms with Crippen LogP contribution in [0.15, 0.2) is 35.2 Å². The van der Waals surface area contributed by atoms with Crippen molar-refractivity contribution in [2.24, 2.45) is 5.41 Å². The minimum absolute atomic E-state index is 0.421. The van der Waals surface area contributed by atoms with E-state index < -0.39 is 0 Å². The molecular formula is C14H25NS. The monoisotopic (exact) mass is 239 g/mol. The van der Waals surface area contributed by atoms with Gasteiger partial charge in [-0.2, -0.15) is 0 Å². The first-order valence-electron chi connectivity index (χ1n) is 5.78. The molecule has 1 nitrogen and oxygen atoms in total. The molecule has 0 amide bonds. The Hall–Kier alpha value is -0.470. The zero-order valence-electron chi connectivity index (χ0n) is 11.1. The maximum absolute atomic E-state index is 4.08. The summed E-state index contributed by atoms with van der Waals surface area (Å²) < 4.78 is 0. The second-order valence-corrected chi connectivity index (χ2v) is 5.95. The van der Waals surface area contributed by atoms with E-state index >= 15 is 0 Å². The highest BCUT2D eigenvalue weighted by Gasteiger charge is 2.08. The minimum atomic E-state index is 0.421. The molecule has 1 aromatic carbocycles. The molecule has 1 rings (SSSR count). The molecule has 0 aromatic heterocycles. The lowest BCUT2D eigenvalue weighted by Crippen LogP contribution is -2.31. The van der Waals surface area contributed by atoms with E-state index in [9.17, 15) is 0 Å². The van der Waals surface area contributed by atoms with Gasteiger partial charge in [0, 0.05) is 17.5 Å². The topological polar surface area (TPSA) is 12.0 Å². The molecule has 0 saturated carbocycles. The third-order valence-corrected chi connectivity index (χ3v) is 2.09. The largest absolute Gasteiger partial charge is 0.314 e. The molecule has 16 heavy (non-hydrogen) atoms. The molecule has 0 radical (unpaired) electrons. The number of rotatable bonds is 2. The zero-order chi connectivity index (χ0) is 12.6. The molecule has 1 N–H and O–H groups in total. The molecule has 0 aliphatic heterocycles. The lowest BCUT2D eigenvalue weighted by Gasteiger charge is -2.20. The molecule has 0 bridgehead atoms. The summed E-state index contributed by atoms with van der Waals surface area (Å²) in [4.78, 5) is 1.02. The maximum Gasteiger partial charge on any atom is 0.00399 e. The molecule has 0 unspecified atom stereocenters. The summed E-state index contributed by atoms with van der Waals surface area (Å²) in [6.07, 6.45) is 0. The number of hydrogen-bond donors (Lipinski definition) is 2. The van der Waals surface area contributed by atoms with Crippen molar-refractivity contribution in [2.75, 3.05) is 6.54 Å². The van der Waals surface area contributed by atoms with Gasteiger partial charge in [0.1, 0.15) is 0 Å². The van der Waals surface area contributed by atoms with E-state index in [-0.39, 0.29) is 0 Å². The molecule has 0 aliphatic rings. The smallest absolute Gasteiger partial charge is 0.00399 e. The molecule has 0 aliphatic carbocycles. The first-order valence-corrected chi connectivity index (χ1v) is 6.23. The van der Waals surface area contributed by atoms with E-state index in [4.69, 9.17) is 0 Å². The first kappa shape index (κ1) is 15.5. The zero-order valence-corrected chi connectivity index (χ0v) is 12.0. The van der Waals surface area contributed by atoms with Gasteiger partial charge in [0.05, 0.1) is 0 Å². The molecule has 0 saturated heterocycles. The highest BCUT2D eigenvalue weighted by Crippen LogP contribution is 2.10. The van der Waals surface area contributed by atoms with Crippen molar-refractivity contribution in [1.82, 2.24) is 5.32 Å². The molecule has 0 fully saturated rings. The average Bonchev–Trinajstić information content (AvgIpc) is 2.16. The molecule has 1 aromatic rings. The van der Waals surface area contributed by atoms with Gasteiger partial charge in [-0.1, -0.05) is 52.8 Å². The fourth-order valence-corrected chi connectivity index (χ4v) is 1.11. The number of nitrogens with one attached hydrogen (secondary N) is 1. The van der Waals surface area contributed by atoms with Crippen molar-refractivity contribution in [1.29, 1.82) is 0 Å². The van der Waals surface area contributed by atoms with Crippen LogP contribution in [0.2, 0.25) is 0 Å². The van der Waals surface area contributed by atoms with Crippen LogP contribution in [-0.4, -0.2) is 12.6 Å². The average molecular weight is 239 g/mol. The lowest BCUT2D eigenvalue weighted by atomic mass is 9.97. The van der Waals surface area contributed by atoms with Crippen LogP contribution in [0.3, 0.4) is 0 Å². The van der Waals surface area contributed by atoms with Crippen LogP contribution in [0.25, 0.3) is 0 Å². The maximum atomic E-state index is 4.08. The summed E-state index contributed by atoms with van der Waals surface area (Å²) in [5.41, 5.74) is 0.421. The van der Waals surface area contributed by atoms with Crippen molar-refractivity contribution in [3.05, 3.63) is 30.3 Å². The van der Waals surface area contributed by atoms with Gasteiger partial charge >= 0.3 is 0 Å². The van der Waals surface area contributed by atoms with Crippen molar-refractivity contribution >= 4 is 12.6 Å². The van der Waals surface area contributed by atoms with Gasteiger partial charge in [0.2, 0.25) is 0 Å². The highest BCUT2D eigenvalue weighted by atomic mass is 32.1. The Bertz CT molecular complexity index is 262. The van der Waals surface area contributed by atoms with Crippen LogP contribution in [0.5, 0.6) is 0 Å². The third-order valence-electron chi connectivity index (χ3n) is 1.80. The normalized spacial score (nSPS) is 10.9. The van der Waals surface area contributed by atoms with Crippen LogP contribution in [-0.2, 0) is 0 Å². The Morgan fingerprint density at radius 3 is 1.81 bits per heavy atom. The minimum Gasteiger partial charge on any atom is -0.314 e. The highest BCUT2D eigenvalue weighted by molar-refractivity contribution is 7.80. The van der Waals surface area contributed by atoms with E-state index in [1.165, 1.54) is 0 Å². The number of hydrogen-bond acceptors (Lipinski definition) is 2. The Morgan fingerprint density at radius 1 is 1.12 bits per heavy atom. The van der Waals surface area contributed by atoms with Gasteiger partial charge in [0.25, 0.3) is 0 Å². The van der Waals surface area contributed by atoms with Gasteiger partial charge < -0.3 is 5.32 Å². The summed E-state index contributed by atoms with van der Waals surface area (Å²) in [6, 6.07) is 10.4. The second-order valence-electron chi connectivity index (χ2n) is 5.43. The van der Waals surface area contributed by atoms with Crippen molar-refractivity contribution < 1.29 is 0 Å².